The second kappa shape index (κ2) is 16.6. The van der Waals surface area contributed by atoms with Gasteiger partial charge in [-0.3, -0.25) is 34.0 Å². The summed E-state index contributed by atoms with van der Waals surface area (Å²) >= 11 is 0. The van der Waals surface area contributed by atoms with Gasteiger partial charge in [0.15, 0.2) is 5.71 Å². The first-order valence-corrected chi connectivity index (χ1v) is 20.8. The highest BCUT2D eigenvalue weighted by Gasteiger charge is 2.36. The van der Waals surface area contributed by atoms with Crippen molar-refractivity contribution < 1.29 is 63.6 Å². The fourth-order valence-corrected chi connectivity index (χ4v) is 7.24. The predicted octanol–water partition coefficient (Wildman–Crippen LogP) is 6.98. The number of ketones is 1. The van der Waals surface area contributed by atoms with Crippen molar-refractivity contribution in [2.24, 2.45) is 25.6 Å². The van der Waals surface area contributed by atoms with Crippen molar-refractivity contribution in [3.63, 3.8) is 0 Å². The van der Waals surface area contributed by atoms with Gasteiger partial charge >= 0.3 is 0 Å². The molecule has 6 rings (SSSR count). The second-order valence-electron chi connectivity index (χ2n) is 12.3. The first-order valence-electron chi connectivity index (χ1n) is 16.5. The Morgan fingerprint density at radius 2 is 1.30 bits per heavy atom. The largest absolute Gasteiger partial charge is 0.505 e. The van der Waals surface area contributed by atoms with E-state index >= 15 is 0 Å². The number of azo groups is 2. The van der Waals surface area contributed by atoms with E-state index in [2.05, 4.69) is 36.3 Å². The second-order valence-corrected chi connectivity index (χ2v) is 16.5. The number of benzene rings is 5. The van der Waals surface area contributed by atoms with Gasteiger partial charge in [0.1, 0.15) is 38.4 Å². The van der Waals surface area contributed by atoms with Crippen LogP contribution in [0.2, 0.25) is 0 Å². The van der Waals surface area contributed by atoms with Crippen molar-refractivity contribution in [2.75, 3.05) is 17.9 Å². The fraction of sp³-hybridized carbons (Fsp3) is 0.0286. The number of phenols is 2. The van der Waals surface area contributed by atoms with Crippen LogP contribution in [0.1, 0.15) is 15.9 Å². The molecule has 26 heteroatoms. The molecular formula is C35H26N8O15S3. The Morgan fingerprint density at radius 1 is 0.689 bits per heavy atom. The van der Waals surface area contributed by atoms with E-state index in [0.717, 1.165) is 42.5 Å². The number of hydrazone groups is 1. The zero-order valence-electron chi connectivity index (χ0n) is 30.5. The molecule has 0 atom stereocenters. The minimum Gasteiger partial charge on any atom is -0.505 e. The van der Waals surface area contributed by atoms with E-state index in [9.17, 15) is 64.0 Å². The topological polar surface area (TPSA) is 359 Å². The Morgan fingerprint density at radius 3 is 1.87 bits per heavy atom. The molecule has 1 aliphatic rings. The first kappa shape index (κ1) is 43.1. The molecule has 0 saturated heterocycles. The van der Waals surface area contributed by atoms with Crippen LogP contribution in [0.4, 0.5) is 45.5 Å². The number of allylic oxidation sites excluding steroid dienone is 1. The summed E-state index contributed by atoms with van der Waals surface area (Å²) in [6.45, 7) is 0. The van der Waals surface area contributed by atoms with Gasteiger partial charge in [-0.2, -0.15) is 35.5 Å². The zero-order valence-corrected chi connectivity index (χ0v) is 32.9. The number of aromatic hydroxyl groups is 2. The van der Waals surface area contributed by atoms with Gasteiger partial charge in [-0.1, -0.05) is 0 Å². The summed E-state index contributed by atoms with van der Waals surface area (Å²) < 4.78 is 107. The maximum Gasteiger partial charge on any atom is 0.296 e. The number of fused-ring (bicyclic) bond motifs is 1. The van der Waals surface area contributed by atoms with E-state index in [1.807, 2.05) is 0 Å². The Kier molecular flexibility index (Phi) is 11.8. The molecule has 0 amide bonds. The molecule has 7 N–H and O–H groups in total. The normalized spacial score (nSPS) is 13.9. The number of phenolic OH excluding ortho intramolecular Hbond substituents is 2. The maximum absolute atomic E-state index is 13.9. The van der Waals surface area contributed by atoms with Crippen LogP contribution in [0.15, 0.2) is 131 Å². The molecule has 5 aromatic carbocycles. The molecule has 5 aromatic rings. The van der Waals surface area contributed by atoms with Crippen molar-refractivity contribution in [3.05, 3.63) is 117 Å². The molecule has 314 valence electrons. The van der Waals surface area contributed by atoms with Gasteiger partial charge in [0, 0.05) is 30.0 Å². The van der Waals surface area contributed by atoms with Gasteiger partial charge in [-0.05, 0) is 78.4 Å². The highest BCUT2D eigenvalue weighted by Crippen LogP contribution is 2.41. The van der Waals surface area contributed by atoms with Gasteiger partial charge in [-0.15, -0.1) is 15.3 Å². The Balaban J connectivity index is 1.32. The molecule has 0 saturated carbocycles. The van der Waals surface area contributed by atoms with Gasteiger partial charge in [-0.25, -0.2) is 0 Å². The SMILES string of the molecule is COc1ccc(NN=C2C(=O)c3c(cc(S(=O)(=O)O)cc3N=Nc3cc(N=Nc4ccc(Nc5ccc([N+](=O)[O-])cc5S(=O)(=O)O)cc4)c(O)cc3O)C=C2S(=O)(=O)O)cc1. The molecule has 0 spiro atoms. The number of nitro benzene ring substituents is 1. The lowest BCUT2D eigenvalue weighted by Crippen LogP contribution is -2.27. The highest BCUT2D eigenvalue weighted by molar-refractivity contribution is 7.91. The van der Waals surface area contributed by atoms with Crippen molar-refractivity contribution in [1.82, 2.24) is 0 Å². The number of hydrogen-bond donors (Lipinski definition) is 7. The van der Waals surface area contributed by atoms with Crippen molar-refractivity contribution in [3.8, 4) is 17.2 Å². The van der Waals surface area contributed by atoms with E-state index in [-0.39, 0.29) is 28.4 Å². The van der Waals surface area contributed by atoms with Crippen LogP contribution < -0.4 is 15.5 Å². The van der Waals surface area contributed by atoms with Crippen LogP contribution in [-0.4, -0.2) is 72.7 Å². The molecule has 0 radical (unpaired) electrons. The maximum atomic E-state index is 13.9. The van der Waals surface area contributed by atoms with Gasteiger partial charge < -0.3 is 20.3 Å². The third-order valence-corrected chi connectivity index (χ3v) is 10.8. The van der Waals surface area contributed by atoms with Crippen LogP contribution in [0.3, 0.4) is 0 Å². The molecule has 1 aliphatic carbocycles. The van der Waals surface area contributed by atoms with E-state index in [0.29, 0.717) is 11.8 Å². The van der Waals surface area contributed by atoms with Gasteiger partial charge in [0.25, 0.3) is 36.0 Å². The number of anilines is 3. The van der Waals surface area contributed by atoms with E-state index in [4.69, 9.17) is 4.74 Å². The lowest BCUT2D eigenvalue weighted by atomic mass is 9.93. The average molecular weight is 895 g/mol. The number of rotatable bonds is 13. The number of ether oxygens (including phenoxy) is 1. The van der Waals surface area contributed by atoms with E-state index in [1.165, 1.54) is 55.6 Å². The molecule has 23 nitrogen and oxygen atoms in total. The number of methoxy groups -OCH3 is 1. The van der Waals surface area contributed by atoms with Crippen LogP contribution >= 0.6 is 0 Å². The molecule has 0 aromatic heterocycles. The van der Waals surface area contributed by atoms with Crippen molar-refractivity contribution >= 4 is 93.4 Å². The number of carbonyl (C=O) groups excluding carboxylic acids is 1. The molecular weight excluding hydrogens is 869 g/mol. The molecule has 61 heavy (non-hydrogen) atoms. The lowest BCUT2D eigenvalue weighted by Gasteiger charge is -2.18. The molecule has 0 aliphatic heterocycles. The quantitative estimate of drug-likeness (QED) is 0.0271. The Hall–Kier alpha value is -7.49. The first-order chi connectivity index (χ1) is 28.6. The molecule has 0 bridgehead atoms. The number of non-ortho nitro benzene ring substituents is 1. The summed E-state index contributed by atoms with van der Waals surface area (Å²) in [7, 11) is -13.7. The van der Waals surface area contributed by atoms with Crippen LogP contribution in [0.5, 0.6) is 17.2 Å². The van der Waals surface area contributed by atoms with Crippen LogP contribution in [-0.2, 0) is 30.4 Å². The smallest absolute Gasteiger partial charge is 0.296 e. The molecule has 0 fully saturated rings. The summed E-state index contributed by atoms with van der Waals surface area (Å²) in [6, 6.07) is 17.6. The standard InChI is InChI=1S/C35H26N8O15S3/c1-58-23-9-6-21(7-10-23)38-42-34-32(61(55,56)57)13-18-12-24(59(49,50)51)15-28(33(18)35(34)46)41-40-27-16-26(29(44)17-30(27)45)39-37-20-4-2-19(3-5-20)36-25-11-8-22(43(47)48)14-31(25)60(52,53)54/h2-17,36,38,44-45H,1H3,(H,49,50,51)(H,52,53,54)(H,55,56,57). The fourth-order valence-electron chi connectivity index (χ4n) is 5.38. The van der Waals surface area contributed by atoms with Crippen LogP contribution in [0, 0.1) is 10.1 Å². The van der Waals surface area contributed by atoms with E-state index < -0.39 is 101 Å². The number of nitro groups is 1. The number of nitrogens with zero attached hydrogens (tertiary/aromatic N) is 6. The summed E-state index contributed by atoms with van der Waals surface area (Å²) in [5.74, 6) is -2.04. The third-order valence-electron chi connectivity index (χ3n) is 8.26. The minimum atomic E-state index is -5.19. The van der Waals surface area contributed by atoms with Crippen molar-refractivity contribution in [2.45, 2.75) is 9.79 Å². The van der Waals surface area contributed by atoms with E-state index in [1.54, 1.807) is 0 Å². The summed E-state index contributed by atoms with van der Waals surface area (Å²) in [6.07, 6.45) is 0.722. The highest BCUT2D eigenvalue weighted by atomic mass is 32.2. The number of hydrogen-bond acceptors (Lipinski definition) is 19. The Labute approximate surface area is 343 Å². The third kappa shape index (κ3) is 9.87. The number of Topliss-reactive ketones (excluding diaryl/α,β-unsaturated/α-hetero) is 1. The summed E-state index contributed by atoms with van der Waals surface area (Å²) in [5.41, 5.74) is -0.704. The lowest BCUT2D eigenvalue weighted by molar-refractivity contribution is -0.385. The van der Waals surface area contributed by atoms with Crippen molar-refractivity contribution in [1.29, 1.82) is 0 Å². The van der Waals surface area contributed by atoms with Gasteiger partial charge in [0.2, 0.25) is 5.78 Å². The number of nitrogens with one attached hydrogen (secondary N) is 2. The Bertz CT molecular complexity index is 3100. The monoisotopic (exact) mass is 894 g/mol. The average Bonchev–Trinajstić information content (AvgIpc) is 3.19. The zero-order chi connectivity index (χ0) is 44.4. The van der Waals surface area contributed by atoms with Crippen LogP contribution in [0.25, 0.3) is 6.08 Å². The summed E-state index contributed by atoms with van der Waals surface area (Å²) in [5, 5.41) is 54.4. The van der Waals surface area contributed by atoms with Gasteiger partial charge in [0.05, 0.1) is 45.2 Å². The summed E-state index contributed by atoms with van der Waals surface area (Å²) in [4.78, 5) is 21.5. The predicted molar refractivity (Wildman–Crippen MR) is 215 cm³/mol. The molecule has 0 heterocycles. The minimum absolute atomic E-state index is 0.156. The number of carbonyl (C=O) groups is 1. The molecule has 0 unspecified atom stereocenters.